The van der Waals surface area contributed by atoms with Gasteiger partial charge in [0.1, 0.15) is 5.76 Å². The molecular weight excluding hydrogens is 450 g/mol. The number of amides is 1. The van der Waals surface area contributed by atoms with Gasteiger partial charge < -0.3 is 9.32 Å². The molecule has 1 amide bonds. The maximum absolute atomic E-state index is 13.5. The summed E-state index contributed by atoms with van der Waals surface area (Å²) in [5.41, 5.74) is 3.50. The van der Waals surface area contributed by atoms with Gasteiger partial charge in [0.25, 0.3) is 0 Å². The van der Waals surface area contributed by atoms with Gasteiger partial charge in [0.05, 0.1) is 17.7 Å². The van der Waals surface area contributed by atoms with Crippen molar-refractivity contribution in [2.24, 2.45) is 5.92 Å². The number of carbonyl (C=O) groups excluding carboxylic acids is 1. The molecule has 0 bridgehead atoms. The second-order valence-electron chi connectivity index (χ2n) is 9.04. The van der Waals surface area contributed by atoms with E-state index >= 15 is 0 Å². The van der Waals surface area contributed by atoms with Crippen LogP contribution in [0.1, 0.15) is 40.9 Å². The molecule has 0 unspecified atom stereocenters. The average Bonchev–Trinajstić information content (AvgIpc) is 3.31. The van der Waals surface area contributed by atoms with Crippen molar-refractivity contribution in [3.63, 3.8) is 0 Å². The number of furan rings is 1. The van der Waals surface area contributed by atoms with E-state index in [9.17, 15) is 13.2 Å². The molecule has 7 nitrogen and oxygen atoms in total. The largest absolute Gasteiger partial charge is 0.467 e. The summed E-state index contributed by atoms with van der Waals surface area (Å²) < 4.78 is 33.8. The van der Waals surface area contributed by atoms with Gasteiger partial charge in [-0.2, -0.15) is 4.31 Å². The number of carbonyl (C=O) groups is 1. The van der Waals surface area contributed by atoms with Gasteiger partial charge in [-0.1, -0.05) is 23.8 Å². The fourth-order valence-electron chi connectivity index (χ4n) is 4.82. The third-order valence-corrected chi connectivity index (χ3v) is 8.55. The number of pyridine rings is 1. The first-order valence-electron chi connectivity index (χ1n) is 11.5. The number of aromatic nitrogens is 1. The predicted octanol–water partition coefficient (Wildman–Crippen LogP) is 4.23. The Morgan fingerprint density at radius 2 is 1.79 bits per heavy atom. The molecule has 0 aliphatic carbocycles. The van der Waals surface area contributed by atoms with E-state index in [-0.39, 0.29) is 11.8 Å². The molecule has 1 aliphatic heterocycles. The quantitative estimate of drug-likeness (QED) is 0.504. The predicted molar refractivity (Wildman–Crippen MR) is 129 cm³/mol. The maximum atomic E-state index is 13.5. The first-order chi connectivity index (χ1) is 16.3. The van der Waals surface area contributed by atoms with Crippen LogP contribution in [0.4, 0.5) is 0 Å². The van der Waals surface area contributed by atoms with E-state index in [1.54, 1.807) is 29.6 Å². The van der Waals surface area contributed by atoms with Crippen molar-refractivity contribution in [3.8, 4) is 0 Å². The van der Waals surface area contributed by atoms with Crippen LogP contribution in [0.2, 0.25) is 0 Å². The van der Waals surface area contributed by atoms with E-state index in [0.717, 1.165) is 22.3 Å². The summed E-state index contributed by atoms with van der Waals surface area (Å²) in [6, 6.07) is 11.3. The van der Waals surface area contributed by atoms with Crippen LogP contribution in [0, 0.1) is 26.7 Å². The number of piperidine rings is 1. The summed E-state index contributed by atoms with van der Waals surface area (Å²) in [6.45, 7) is 7.09. The fraction of sp³-hybridized carbons (Fsp3) is 0.385. The number of rotatable bonds is 7. The summed E-state index contributed by atoms with van der Waals surface area (Å²) in [5.74, 6) is 0.487. The van der Waals surface area contributed by atoms with Gasteiger partial charge in [-0.05, 0) is 68.5 Å². The minimum atomic E-state index is -3.61. The van der Waals surface area contributed by atoms with Crippen molar-refractivity contribution in [1.29, 1.82) is 0 Å². The Kier molecular flexibility index (Phi) is 7.19. The summed E-state index contributed by atoms with van der Waals surface area (Å²) in [6.07, 6.45) is 6.04. The normalized spacial score (nSPS) is 15.4. The van der Waals surface area contributed by atoms with E-state index in [2.05, 4.69) is 4.98 Å². The highest BCUT2D eigenvalue weighted by atomic mass is 32.2. The number of hydrogen-bond donors (Lipinski definition) is 0. The second kappa shape index (κ2) is 10.1. The molecule has 0 spiro atoms. The van der Waals surface area contributed by atoms with E-state index in [1.807, 2.05) is 51.1 Å². The van der Waals surface area contributed by atoms with Crippen LogP contribution in [0.25, 0.3) is 0 Å². The zero-order valence-electron chi connectivity index (χ0n) is 19.9. The Balaban J connectivity index is 1.48. The lowest BCUT2D eigenvalue weighted by molar-refractivity contribution is -0.138. The van der Waals surface area contributed by atoms with E-state index < -0.39 is 10.0 Å². The van der Waals surface area contributed by atoms with Gasteiger partial charge in [0.2, 0.25) is 15.9 Å². The Morgan fingerprint density at radius 1 is 1.09 bits per heavy atom. The molecule has 4 rings (SSSR count). The summed E-state index contributed by atoms with van der Waals surface area (Å²) >= 11 is 0. The monoisotopic (exact) mass is 481 g/mol. The van der Waals surface area contributed by atoms with Crippen molar-refractivity contribution < 1.29 is 17.6 Å². The van der Waals surface area contributed by atoms with Crippen LogP contribution < -0.4 is 0 Å². The van der Waals surface area contributed by atoms with Crippen LogP contribution in [0.5, 0.6) is 0 Å². The molecule has 34 heavy (non-hydrogen) atoms. The van der Waals surface area contributed by atoms with Gasteiger partial charge in [-0.3, -0.25) is 9.78 Å². The topological polar surface area (TPSA) is 83.7 Å². The molecule has 2 aromatic heterocycles. The minimum Gasteiger partial charge on any atom is -0.467 e. The first-order valence-corrected chi connectivity index (χ1v) is 13.0. The molecule has 0 N–H and O–H groups in total. The Labute approximate surface area is 201 Å². The molecule has 0 atom stereocenters. The minimum absolute atomic E-state index is 0.0139. The van der Waals surface area contributed by atoms with Crippen LogP contribution in [-0.2, 0) is 27.9 Å². The highest BCUT2D eigenvalue weighted by molar-refractivity contribution is 7.89. The van der Waals surface area contributed by atoms with Crippen LogP contribution in [0.3, 0.4) is 0 Å². The molecule has 3 aromatic rings. The second-order valence-corrected chi connectivity index (χ2v) is 10.9. The third-order valence-electron chi connectivity index (χ3n) is 6.34. The Hall–Kier alpha value is -2.97. The van der Waals surface area contributed by atoms with Crippen LogP contribution in [-0.4, -0.2) is 41.6 Å². The molecule has 3 heterocycles. The molecule has 0 saturated carbocycles. The number of aryl methyl sites for hydroxylation is 3. The highest BCUT2D eigenvalue weighted by Crippen LogP contribution is 2.30. The third kappa shape index (κ3) is 5.23. The average molecular weight is 482 g/mol. The molecule has 1 fully saturated rings. The fourth-order valence-corrected chi connectivity index (χ4v) is 6.70. The number of hydrogen-bond acceptors (Lipinski definition) is 5. The van der Waals surface area contributed by atoms with Gasteiger partial charge in [-0.25, -0.2) is 8.42 Å². The number of nitrogens with zero attached hydrogens (tertiary/aromatic N) is 3. The lowest BCUT2D eigenvalue weighted by Crippen LogP contribution is -2.44. The summed E-state index contributed by atoms with van der Waals surface area (Å²) in [4.78, 5) is 19.8. The highest BCUT2D eigenvalue weighted by Gasteiger charge is 2.35. The van der Waals surface area contributed by atoms with Crippen LogP contribution in [0.15, 0.2) is 64.4 Å². The van der Waals surface area contributed by atoms with E-state index in [1.165, 1.54) is 4.31 Å². The zero-order chi connectivity index (χ0) is 24.3. The first kappa shape index (κ1) is 24.2. The smallest absolute Gasteiger partial charge is 0.243 e. The molecule has 180 valence electrons. The molecule has 0 radical (unpaired) electrons. The molecule has 1 aromatic carbocycles. The SMILES string of the molecule is Cc1cc(C)c(S(=O)(=O)N2CCC(C(=O)N(Cc3cccnc3)Cc3ccco3)CC2)c(C)c1. The van der Waals surface area contributed by atoms with Crippen molar-refractivity contribution in [2.75, 3.05) is 13.1 Å². The van der Waals surface area contributed by atoms with Gasteiger partial charge in [-0.15, -0.1) is 0 Å². The lowest BCUT2D eigenvalue weighted by Gasteiger charge is -2.34. The van der Waals surface area contributed by atoms with Crippen LogP contribution >= 0.6 is 0 Å². The van der Waals surface area contributed by atoms with E-state index in [0.29, 0.717) is 49.7 Å². The standard InChI is InChI=1S/C26H31N3O4S/c1-19-14-20(2)25(21(3)15-19)34(31,32)29-11-8-23(9-12-29)26(30)28(18-24-7-5-13-33-24)17-22-6-4-10-27-16-22/h4-7,10,13-16,23H,8-9,11-12,17-18H2,1-3H3. The molecule has 8 heteroatoms. The Bertz CT molecular complexity index is 1210. The van der Waals surface area contributed by atoms with Crippen molar-refractivity contribution in [1.82, 2.24) is 14.2 Å². The van der Waals surface area contributed by atoms with Gasteiger partial charge >= 0.3 is 0 Å². The number of benzene rings is 1. The zero-order valence-corrected chi connectivity index (χ0v) is 20.7. The molecule has 1 aliphatic rings. The Morgan fingerprint density at radius 3 is 2.38 bits per heavy atom. The lowest BCUT2D eigenvalue weighted by atomic mass is 9.96. The van der Waals surface area contributed by atoms with Crippen molar-refractivity contribution in [3.05, 3.63) is 83.1 Å². The van der Waals surface area contributed by atoms with E-state index in [4.69, 9.17) is 4.42 Å². The number of sulfonamides is 1. The van der Waals surface area contributed by atoms with Gasteiger partial charge in [0.15, 0.2) is 0 Å². The maximum Gasteiger partial charge on any atom is 0.243 e. The van der Waals surface area contributed by atoms with Crippen molar-refractivity contribution >= 4 is 15.9 Å². The molecule has 1 saturated heterocycles. The summed E-state index contributed by atoms with van der Waals surface area (Å²) in [7, 11) is -3.61. The summed E-state index contributed by atoms with van der Waals surface area (Å²) in [5, 5.41) is 0. The van der Waals surface area contributed by atoms with Crippen molar-refractivity contribution in [2.45, 2.75) is 51.6 Å². The molecular formula is C26H31N3O4S. The van der Waals surface area contributed by atoms with Gasteiger partial charge in [0, 0.05) is 37.9 Å².